The molecule has 2 rings (SSSR count). The number of sulfone groups is 1. The van der Waals surface area contributed by atoms with Crippen molar-refractivity contribution in [1.29, 1.82) is 0 Å². The Morgan fingerprint density at radius 1 is 1.24 bits per heavy atom. The highest BCUT2D eigenvalue weighted by Gasteiger charge is 2.39. The van der Waals surface area contributed by atoms with Gasteiger partial charge < -0.3 is 14.8 Å². The van der Waals surface area contributed by atoms with Crippen molar-refractivity contribution in [2.24, 2.45) is 0 Å². The first kappa shape index (κ1) is 20.0. The largest absolute Gasteiger partial charge is 0.490 e. The second-order valence-electron chi connectivity index (χ2n) is 6.38. The summed E-state index contributed by atoms with van der Waals surface area (Å²) in [6.07, 6.45) is 0.568. The maximum absolute atomic E-state index is 12.4. The molecule has 1 fully saturated rings. The third kappa shape index (κ3) is 5.34. The molecule has 1 aromatic carbocycles. The van der Waals surface area contributed by atoms with Crippen molar-refractivity contribution in [3.63, 3.8) is 0 Å². The average molecular weight is 434 g/mol. The summed E-state index contributed by atoms with van der Waals surface area (Å²) in [5, 5.41) is 2.87. The van der Waals surface area contributed by atoms with Gasteiger partial charge >= 0.3 is 0 Å². The van der Waals surface area contributed by atoms with Gasteiger partial charge in [-0.3, -0.25) is 4.79 Å². The normalized spacial score (nSPS) is 21.8. The van der Waals surface area contributed by atoms with Gasteiger partial charge in [0.25, 0.3) is 0 Å². The van der Waals surface area contributed by atoms with Crippen molar-refractivity contribution in [2.45, 2.75) is 39.2 Å². The SMILES string of the molecule is CCOc1cc(Br)c(CC(=O)NC2(C)CCS(=O)(=O)C2)cc1OCC. The second kappa shape index (κ2) is 7.95. The molecule has 0 aliphatic carbocycles. The standard InChI is InChI=1S/C17H24BrNO5S/c1-4-23-14-8-12(13(18)10-15(14)24-5-2)9-16(20)19-17(3)6-7-25(21,22)11-17/h8,10H,4-7,9,11H2,1-3H3,(H,19,20). The summed E-state index contributed by atoms with van der Waals surface area (Å²) in [6.45, 7) is 6.55. The summed E-state index contributed by atoms with van der Waals surface area (Å²) < 4.78 is 35.2. The van der Waals surface area contributed by atoms with Crippen LogP contribution < -0.4 is 14.8 Å². The van der Waals surface area contributed by atoms with Crippen molar-refractivity contribution < 1.29 is 22.7 Å². The molecule has 1 N–H and O–H groups in total. The van der Waals surface area contributed by atoms with Crippen LogP contribution in [0.25, 0.3) is 0 Å². The number of carbonyl (C=O) groups is 1. The molecule has 0 spiro atoms. The van der Waals surface area contributed by atoms with Crippen LogP contribution >= 0.6 is 15.9 Å². The highest BCUT2D eigenvalue weighted by atomic mass is 79.9. The van der Waals surface area contributed by atoms with E-state index in [9.17, 15) is 13.2 Å². The first-order valence-electron chi connectivity index (χ1n) is 8.27. The van der Waals surface area contributed by atoms with Gasteiger partial charge in [-0.25, -0.2) is 8.42 Å². The van der Waals surface area contributed by atoms with Gasteiger partial charge in [0, 0.05) is 4.47 Å². The third-order valence-corrected chi connectivity index (χ3v) is 6.65. The van der Waals surface area contributed by atoms with Gasteiger partial charge in [-0.15, -0.1) is 0 Å². The molecule has 140 valence electrons. The Balaban J connectivity index is 2.13. The van der Waals surface area contributed by atoms with E-state index in [-0.39, 0.29) is 23.8 Å². The number of nitrogens with one attached hydrogen (secondary N) is 1. The van der Waals surface area contributed by atoms with Crippen LogP contribution in [0, 0.1) is 0 Å². The number of amides is 1. The Labute approximate surface area is 157 Å². The van der Waals surface area contributed by atoms with Gasteiger partial charge in [-0.05, 0) is 44.9 Å². The first-order chi connectivity index (χ1) is 11.7. The zero-order valence-electron chi connectivity index (χ0n) is 14.7. The average Bonchev–Trinajstić information content (AvgIpc) is 2.77. The molecular formula is C17H24BrNO5S. The van der Waals surface area contributed by atoms with Crippen molar-refractivity contribution in [3.8, 4) is 11.5 Å². The first-order valence-corrected chi connectivity index (χ1v) is 10.9. The molecule has 1 aliphatic rings. The molecule has 25 heavy (non-hydrogen) atoms. The van der Waals surface area contributed by atoms with Gasteiger partial charge in [-0.2, -0.15) is 0 Å². The highest BCUT2D eigenvalue weighted by molar-refractivity contribution is 9.10. The predicted molar refractivity (Wildman–Crippen MR) is 100 cm³/mol. The highest BCUT2D eigenvalue weighted by Crippen LogP contribution is 2.34. The monoisotopic (exact) mass is 433 g/mol. The molecule has 0 radical (unpaired) electrons. The van der Waals surface area contributed by atoms with Crippen LogP contribution in [0.2, 0.25) is 0 Å². The van der Waals surface area contributed by atoms with Gasteiger partial charge in [0.05, 0.1) is 36.7 Å². The van der Waals surface area contributed by atoms with E-state index in [1.807, 2.05) is 13.8 Å². The maximum Gasteiger partial charge on any atom is 0.224 e. The van der Waals surface area contributed by atoms with Crippen LogP contribution in [0.1, 0.15) is 32.8 Å². The fourth-order valence-electron chi connectivity index (χ4n) is 2.91. The van der Waals surface area contributed by atoms with Crippen LogP contribution in [0.4, 0.5) is 0 Å². The van der Waals surface area contributed by atoms with E-state index < -0.39 is 15.4 Å². The van der Waals surface area contributed by atoms with Crippen molar-refractivity contribution in [2.75, 3.05) is 24.7 Å². The van der Waals surface area contributed by atoms with E-state index in [1.54, 1.807) is 19.1 Å². The van der Waals surface area contributed by atoms with Gasteiger partial charge in [-0.1, -0.05) is 15.9 Å². The van der Waals surface area contributed by atoms with Crippen LogP contribution in [0.15, 0.2) is 16.6 Å². The number of ether oxygens (including phenoxy) is 2. The van der Waals surface area contributed by atoms with Gasteiger partial charge in [0.2, 0.25) is 5.91 Å². The van der Waals surface area contributed by atoms with Crippen LogP contribution in [-0.4, -0.2) is 44.6 Å². The molecule has 1 atom stereocenters. The summed E-state index contributed by atoms with van der Waals surface area (Å²) in [6, 6.07) is 3.57. The van der Waals surface area contributed by atoms with Crippen LogP contribution in [-0.2, 0) is 21.1 Å². The molecule has 1 aliphatic heterocycles. The Morgan fingerprint density at radius 2 is 1.84 bits per heavy atom. The fraction of sp³-hybridized carbons (Fsp3) is 0.588. The molecule has 8 heteroatoms. The number of halogens is 1. The van der Waals surface area contributed by atoms with Gasteiger partial charge in [0.1, 0.15) is 0 Å². The molecule has 1 unspecified atom stereocenters. The predicted octanol–water partition coefficient (Wildman–Crippen LogP) is 2.48. The zero-order valence-corrected chi connectivity index (χ0v) is 17.1. The van der Waals surface area contributed by atoms with E-state index in [2.05, 4.69) is 21.2 Å². The van der Waals surface area contributed by atoms with E-state index >= 15 is 0 Å². The molecule has 1 saturated heterocycles. The van der Waals surface area contributed by atoms with Gasteiger partial charge in [0.15, 0.2) is 21.3 Å². The number of carbonyl (C=O) groups excluding carboxylic acids is 1. The summed E-state index contributed by atoms with van der Waals surface area (Å²) in [7, 11) is -3.07. The third-order valence-electron chi connectivity index (χ3n) is 4.01. The van der Waals surface area contributed by atoms with Crippen LogP contribution in [0.5, 0.6) is 11.5 Å². The van der Waals surface area contributed by atoms with E-state index in [1.165, 1.54) is 0 Å². The van der Waals surface area contributed by atoms with Crippen molar-refractivity contribution >= 4 is 31.7 Å². The lowest BCUT2D eigenvalue weighted by atomic mass is 10.0. The number of hydrogen-bond acceptors (Lipinski definition) is 5. The minimum absolute atomic E-state index is 0.0135. The minimum Gasteiger partial charge on any atom is -0.490 e. The number of hydrogen-bond donors (Lipinski definition) is 1. The van der Waals surface area contributed by atoms with Crippen molar-refractivity contribution in [1.82, 2.24) is 5.32 Å². The summed E-state index contributed by atoms with van der Waals surface area (Å²) in [5.74, 6) is 1.09. The molecule has 0 aromatic heterocycles. The lowest BCUT2D eigenvalue weighted by molar-refractivity contribution is -0.121. The molecule has 0 bridgehead atoms. The summed E-state index contributed by atoms with van der Waals surface area (Å²) in [5.41, 5.74) is 0.0602. The lowest BCUT2D eigenvalue weighted by Crippen LogP contribution is -2.47. The van der Waals surface area contributed by atoms with E-state index in [0.29, 0.717) is 31.1 Å². The van der Waals surface area contributed by atoms with E-state index in [4.69, 9.17) is 9.47 Å². The fourth-order valence-corrected chi connectivity index (χ4v) is 5.47. The summed E-state index contributed by atoms with van der Waals surface area (Å²) >= 11 is 3.46. The van der Waals surface area contributed by atoms with Crippen LogP contribution in [0.3, 0.4) is 0 Å². The lowest BCUT2D eigenvalue weighted by Gasteiger charge is -2.24. The molecule has 1 aromatic rings. The zero-order chi connectivity index (χ0) is 18.7. The molecule has 1 amide bonds. The Bertz CT molecular complexity index is 750. The Morgan fingerprint density at radius 3 is 2.36 bits per heavy atom. The summed E-state index contributed by atoms with van der Waals surface area (Å²) in [4.78, 5) is 12.4. The Kier molecular flexibility index (Phi) is 6.37. The quantitative estimate of drug-likeness (QED) is 0.713. The molecular weight excluding hydrogens is 410 g/mol. The number of benzene rings is 1. The van der Waals surface area contributed by atoms with Crippen molar-refractivity contribution in [3.05, 3.63) is 22.2 Å². The Hall–Kier alpha value is -1.28. The minimum atomic E-state index is -3.07. The second-order valence-corrected chi connectivity index (χ2v) is 9.42. The maximum atomic E-state index is 12.4. The smallest absolute Gasteiger partial charge is 0.224 e. The molecule has 6 nitrogen and oxygen atoms in total. The number of rotatable bonds is 7. The molecule has 1 heterocycles. The molecule has 0 saturated carbocycles. The van der Waals surface area contributed by atoms with E-state index in [0.717, 1.165) is 10.0 Å². The topological polar surface area (TPSA) is 81.7 Å².